The summed E-state index contributed by atoms with van der Waals surface area (Å²) in [6, 6.07) is 5.22. The minimum Gasteiger partial charge on any atom is -0.477 e. The van der Waals surface area contributed by atoms with E-state index in [2.05, 4.69) is 20.3 Å². The number of halogens is 2. The van der Waals surface area contributed by atoms with Crippen molar-refractivity contribution in [2.24, 2.45) is 0 Å². The third-order valence-corrected chi connectivity index (χ3v) is 7.93. The number of carbonyl (C=O) groups is 1. The van der Waals surface area contributed by atoms with Crippen LogP contribution in [0.4, 0.5) is 14.5 Å². The molecule has 1 amide bonds. The first-order valence-corrected chi connectivity index (χ1v) is 14.4. The van der Waals surface area contributed by atoms with Crippen molar-refractivity contribution in [2.45, 2.75) is 37.7 Å². The molecule has 1 fully saturated rings. The summed E-state index contributed by atoms with van der Waals surface area (Å²) in [5.41, 5.74) is 0.0263. The maximum absolute atomic E-state index is 13.2. The summed E-state index contributed by atoms with van der Waals surface area (Å²) < 4.78 is 56.4. The van der Waals surface area contributed by atoms with Crippen molar-refractivity contribution < 1.29 is 31.8 Å². The van der Waals surface area contributed by atoms with Gasteiger partial charge in [-0.25, -0.2) is 18.4 Å². The van der Waals surface area contributed by atoms with Crippen LogP contribution >= 0.6 is 11.3 Å². The van der Waals surface area contributed by atoms with Gasteiger partial charge < -0.3 is 15.2 Å². The highest BCUT2D eigenvalue weighted by Gasteiger charge is 2.33. The lowest BCUT2D eigenvalue weighted by molar-refractivity contribution is 0.0671. The van der Waals surface area contributed by atoms with Crippen LogP contribution in [-0.4, -0.2) is 76.9 Å². The molecule has 3 heterocycles. The van der Waals surface area contributed by atoms with E-state index in [-0.39, 0.29) is 17.2 Å². The van der Waals surface area contributed by atoms with Crippen molar-refractivity contribution in [1.29, 1.82) is 0 Å². The van der Waals surface area contributed by atoms with Gasteiger partial charge in [0.2, 0.25) is 5.88 Å². The highest BCUT2D eigenvalue weighted by Crippen LogP contribution is 2.28. The van der Waals surface area contributed by atoms with Gasteiger partial charge in [-0.05, 0) is 38.0 Å². The lowest BCUT2D eigenvalue weighted by atomic mass is 10.1. The van der Waals surface area contributed by atoms with Gasteiger partial charge in [-0.1, -0.05) is 12.1 Å². The maximum atomic E-state index is 13.2. The fourth-order valence-corrected chi connectivity index (χ4v) is 5.43. The van der Waals surface area contributed by atoms with Crippen LogP contribution in [0.15, 0.2) is 42.9 Å². The number of rotatable bonds is 11. The molecule has 210 valence electrons. The Morgan fingerprint density at radius 3 is 2.79 bits per heavy atom. The van der Waals surface area contributed by atoms with Crippen molar-refractivity contribution in [3.8, 4) is 16.5 Å². The van der Waals surface area contributed by atoms with Gasteiger partial charge in [0.05, 0.1) is 35.5 Å². The number of amides is 1. The number of carbonyl (C=O) groups excluding carboxylic acids is 1. The van der Waals surface area contributed by atoms with Crippen LogP contribution in [0, 0.1) is 0 Å². The largest absolute Gasteiger partial charge is 0.477 e. The van der Waals surface area contributed by atoms with Crippen LogP contribution < -0.4 is 14.8 Å². The summed E-state index contributed by atoms with van der Waals surface area (Å²) in [6.07, 6.45) is 5.06. The number of likely N-dealkylation sites (tertiary alicyclic amines) is 1. The van der Waals surface area contributed by atoms with Gasteiger partial charge in [-0.3, -0.25) is 19.4 Å². The zero-order valence-corrected chi connectivity index (χ0v) is 22.8. The first-order chi connectivity index (χ1) is 18.5. The topological polar surface area (TPSA) is 147 Å². The number of aromatic nitrogens is 3. The molecule has 1 aromatic carbocycles. The zero-order valence-electron chi connectivity index (χ0n) is 21.2. The highest BCUT2D eigenvalue weighted by atomic mass is 32.2. The van der Waals surface area contributed by atoms with Crippen LogP contribution in [0.25, 0.3) is 10.6 Å². The Balaban J connectivity index is 1.57. The van der Waals surface area contributed by atoms with Crippen molar-refractivity contribution in [3.05, 3.63) is 53.4 Å². The molecule has 0 spiro atoms. The van der Waals surface area contributed by atoms with Crippen LogP contribution in [0.2, 0.25) is 0 Å². The maximum Gasteiger partial charge on any atom is 0.355 e. The Morgan fingerprint density at radius 2 is 2.10 bits per heavy atom. The second-order valence-corrected chi connectivity index (χ2v) is 11.9. The van der Waals surface area contributed by atoms with Gasteiger partial charge in [0.1, 0.15) is 5.69 Å². The molecule has 11 nitrogen and oxygen atoms in total. The minimum absolute atomic E-state index is 0.0650. The number of thiazole rings is 1. The lowest BCUT2D eigenvalue weighted by Crippen LogP contribution is -2.39. The summed E-state index contributed by atoms with van der Waals surface area (Å²) in [5, 5.41) is 13.5. The molecule has 0 bridgehead atoms. The van der Waals surface area contributed by atoms with E-state index in [9.17, 15) is 27.1 Å². The summed E-state index contributed by atoms with van der Waals surface area (Å²) in [6.45, 7) is 5.20. The molecule has 2 aromatic heterocycles. The molecule has 4 rings (SSSR count). The number of hydrogen-bond acceptors (Lipinski definition) is 10. The number of nitrogens with zero attached hydrogens (tertiary/aromatic N) is 4. The Labute approximate surface area is 228 Å². The van der Waals surface area contributed by atoms with Gasteiger partial charge in [-0.2, -0.15) is 8.78 Å². The van der Waals surface area contributed by atoms with E-state index in [1.807, 2.05) is 16.5 Å². The molecule has 2 atom stereocenters. The third-order valence-electron chi connectivity index (χ3n) is 5.92. The molecule has 3 N–H and O–H groups in total. The van der Waals surface area contributed by atoms with Gasteiger partial charge in [0.15, 0.2) is 5.01 Å². The van der Waals surface area contributed by atoms with Crippen molar-refractivity contribution in [2.75, 3.05) is 31.0 Å². The normalized spacial score (nSPS) is 18.7. The smallest absolute Gasteiger partial charge is 0.355 e. The number of nitrogens with one attached hydrogen (secondary N) is 2. The molecule has 0 saturated carbocycles. The van der Waals surface area contributed by atoms with E-state index < -0.39 is 33.3 Å². The summed E-state index contributed by atoms with van der Waals surface area (Å²) in [5.74, 6) is -3.74. The molecular weight excluding hydrogens is 554 g/mol. The van der Waals surface area contributed by atoms with E-state index in [1.54, 1.807) is 13.0 Å². The number of aliphatic hydroxyl groups is 1. The number of β-amino-alcohol motifs (C(OH)–C–C–N with tert-alkyl or cyclic N) is 1. The average Bonchev–Trinajstić information content (AvgIpc) is 3.50. The van der Waals surface area contributed by atoms with E-state index in [4.69, 9.17) is 4.74 Å². The standard InChI is InChI=1S/C24H28F2N6O5S2/c1-3-37-20-12-27-10-17(29-20)19-11-28-22(38-19)21(33)30-18(13-32-8-7-24(2,34)14-32)15-5-4-6-16(9-15)31-39(35,36)23(25)26/h4-6,9-12,18,23,31,34H,3,7-8,13-14H2,1-2H3,(H,30,33)/t18-,24-/m1/s1. The fourth-order valence-electron chi connectivity index (χ4n) is 4.12. The molecule has 1 saturated heterocycles. The van der Waals surface area contributed by atoms with E-state index in [0.29, 0.717) is 48.1 Å². The third kappa shape index (κ3) is 7.44. The molecule has 0 unspecified atom stereocenters. The number of anilines is 1. The van der Waals surface area contributed by atoms with Crippen LogP contribution in [-0.2, 0) is 10.0 Å². The minimum atomic E-state index is -4.87. The molecule has 0 radical (unpaired) electrons. The van der Waals surface area contributed by atoms with Crippen LogP contribution in [0.5, 0.6) is 5.88 Å². The van der Waals surface area contributed by atoms with Gasteiger partial charge >= 0.3 is 5.76 Å². The first kappa shape index (κ1) is 28.7. The summed E-state index contributed by atoms with van der Waals surface area (Å²) in [7, 11) is -4.87. The Hall–Kier alpha value is -3.27. The number of ether oxygens (including phenoxy) is 1. The van der Waals surface area contributed by atoms with Crippen molar-refractivity contribution in [3.63, 3.8) is 0 Å². The predicted octanol–water partition coefficient (Wildman–Crippen LogP) is 2.89. The Kier molecular flexibility index (Phi) is 8.73. The van der Waals surface area contributed by atoms with Gasteiger partial charge in [-0.15, -0.1) is 11.3 Å². The average molecular weight is 583 g/mol. The van der Waals surface area contributed by atoms with Crippen LogP contribution in [0.1, 0.15) is 41.7 Å². The second-order valence-electron chi connectivity index (χ2n) is 9.25. The molecule has 1 aliphatic rings. The zero-order chi connectivity index (χ0) is 28.2. The fraction of sp³-hybridized carbons (Fsp3) is 0.417. The number of alkyl halides is 2. The van der Waals surface area contributed by atoms with Gasteiger partial charge in [0.25, 0.3) is 15.9 Å². The second kappa shape index (κ2) is 11.9. The Bertz CT molecular complexity index is 1420. The number of benzene rings is 1. The first-order valence-electron chi connectivity index (χ1n) is 12.0. The molecule has 3 aromatic rings. The molecule has 0 aliphatic carbocycles. The molecule has 15 heteroatoms. The number of hydrogen-bond donors (Lipinski definition) is 3. The molecular formula is C24H28F2N6O5S2. The lowest BCUT2D eigenvalue weighted by Gasteiger charge is -2.26. The van der Waals surface area contributed by atoms with E-state index in [0.717, 1.165) is 11.3 Å². The van der Waals surface area contributed by atoms with Crippen LogP contribution in [0.3, 0.4) is 0 Å². The molecule has 39 heavy (non-hydrogen) atoms. The quantitative estimate of drug-likeness (QED) is 0.311. The predicted molar refractivity (Wildman–Crippen MR) is 141 cm³/mol. The summed E-state index contributed by atoms with van der Waals surface area (Å²) in [4.78, 5) is 28.5. The monoisotopic (exact) mass is 582 g/mol. The number of sulfonamides is 1. The van der Waals surface area contributed by atoms with Crippen molar-refractivity contribution in [1.82, 2.24) is 25.2 Å². The van der Waals surface area contributed by atoms with E-state index >= 15 is 0 Å². The SMILES string of the molecule is CCOc1cncc(-c2cnc(C(=O)N[C@H](CN3CC[C@@](C)(O)C3)c3cccc(NS(=O)(=O)C(F)F)c3)s2)n1. The summed E-state index contributed by atoms with van der Waals surface area (Å²) >= 11 is 1.10. The van der Waals surface area contributed by atoms with Crippen molar-refractivity contribution >= 4 is 33.0 Å². The Morgan fingerprint density at radius 1 is 1.31 bits per heavy atom. The van der Waals surface area contributed by atoms with E-state index in [1.165, 1.54) is 36.8 Å². The van der Waals surface area contributed by atoms with Gasteiger partial charge in [0, 0.05) is 31.5 Å². The highest BCUT2D eigenvalue weighted by molar-refractivity contribution is 7.93. The molecule has 1 aliphatic heterocycles.